The van der Waals surface area contributed by atoms with E-state index in [1.165, 1.54) is 51.3 Å². The van der Waals surface area contributed by atoms with Crippen molar-refractivity contribution in [2.45, 2.75) is 58.3 Å². The van der Waals surface area contributed by atoms with E-state index in [-0.39, 0.29) is 0 Å². The molecule has 1 aromatic heterocycles. The molecular formula is C14H25ClN4. The predicted octanol–water partition coefficient (Wildman–Crippen LogP) is 4.26. The van der Waals surface area contributed by atoms with Crippen molar-refractivity contribution in [2.24, 2.45) is 0 Å². The number of nitrogens with zero attached hydrogens (tertiary/aromatic N) is 2. The lowest BCUT2D eigenvalue weighted by atomic mass is 10.1. The van der Waals surface area contributed by atoms with Crippen LogP contribution in [0, 0.1) is 0 Å². The lowest BCUT2D eigenvalue weighted by Gasteiger charge is -2.07. The summed E-state index contributed by atoms with van der Waals surface area (Å²) in [4.78, 5) is 7.90. The fourth-order valence-electron chi connectivity index (χ4n) is 1.97. The van der Waals surface area contributed by atoms with Gasteiger partial charge in [0.25, 0.3) is 0 Å². The monoisotopic (exact) mass is 284 g/mol. The molecule has 19 heavy (non-hydrogen) atoms. The van der Waals surface area contributed by atoms with Crippen LogP contribution in [0.2, 0.25) is 5.02 Å². The molecule has 1 heterocycles. The van der Waals surface area contributed by atoms with Gasteiger partial charge in [0.2, 0.25) is 0 Å². The zero-order valence-electron chi connectivity index (χ0n) is 11.8. The first-order chi connectivity index (χ1) is 9.25. The van der Waals surface area contributed by atoms with Gasteiger partial charge in [-0.3, -0.25) is 0 Å². The number of halogens is 1. The van der Waals surface area contributed by atoms with Gasteiger partial charge in [-0.15, -0.1) is 0 Å². The van der Waals surface area contributed by atoms with Gasteiger partial charge in [0.15, 0.2) is 0 Å². The Kier molecular flexibility index (Phi) is 8.30. The van der Waals surface area contributed by atoms with E-state index < -0.39 is 0 Å². The summed E-state index contributed by atoms with van der Waals surface area (Å²) in [5, 5.41) is 3.62. The second kappa shape index (κ2) is 9.84. The molecule has 0 bridgehead atoms. The second-order valence-corrected chi connectivity index (χ2v) is 5.20. The van der Waals surface area contributed by atoms with Crippen molar-refractivity contribution >= 4 is 23.2 Å². The molecule has 0 atom stereocenters. The van der Waals surface area contributed by atoms with Gasteiger partial charge in [0.05, 0.1) is 0 Å². The van der Waals surface area contributed by atoms with Crippen molar-refractivity contribution in [2.75, 3.05) is 17.6 Å². The van der Waals surface area contributed by atoms with Crippen LogP contribution in [0.1, 0.15) is 58.3 Å². The quantitative estimate of drug-likeness (QED) is 0.630. The third kappa shape index (κ3) is 6.62. The van der Waals surface area contributed by atoms with Crippen LogP contribution in [-0.2, 0) is 0 Å². The molecule has 1 rings (SSSR count). The third-order valence-corrected chi connectivity index (χ3v) is 3.51. The zero-order chi connectivity index (χ0) is 13.9. The number of nitrogens with one attached hydrogen (secondary N) is 1. The van der Waals surface area contributed by atoms with Gasteiger partial charge >= 0.3 is 0 Å². The molecule has 0 aliphatic carbocycles. The average Bonchev–Trinajstić information content (AvgIpc) is 2.41. The number of hydrogen-bond acceptors (Lipinski definition) is 4. The summed E-state index contributed by atoms with van der Waals surface area (Å²) < 4.78 is 0. The second-order valence-electron chi connectivity index (χ2n) is 4.82. The summed E-state index contributed by atoms with van der Waals surface area (Å²) in [5.41, 5.74) is 5.61. The number of nitrogen functional groups attached to an aromatic ring is 1. The Bertz CT molecular complexity index is 357. The zero-order valence-corrected chi connectivity index (χ0v) is 12.5. The van der Waals surface area contributed by atoms with E-state index in [0.29, 0.717) is 16.7 Å². The van der Waals surface area contributed by atoms with Crippen molar-refractivity contribution < 1.29 is 0 Å². The van der Waals surface area contributed by atoms with Crippen LogP contribution in [0.15, 0.2) is 6.33 Å². The topological polar surface area (TPSA) is 63.8 Å². The molecule has 0 aliphatic rings. The minimum Gasteiger partial charge on any atom is -0.382 e. The first kappa shape index (κ1) is 16.0. The lowest BCUT2D eigenvalue weighted by molar-refractivity contribution is 0.581. The number of nitrogens with two attached hydrogens (primary N) is 1. The summed E-state index contributed by atoms with van der Waals surface area (Å²) in [6, 6.07) is 0. The van der Waals surface area contributed by atoms with Crippen molar-refractivity contribution in [1.29, 1.82) is 0 Å². The molecule has 0 radical (unpaired) electrons. The molecule has 0 fully saturated rings. The van der Waals surface area contributed by atoms with Gasteiger partial charge < -0.3 is 11.1 Å². The van der Waals surface area contributed by atoms with Gasteiger partial charge in [-0.05, 0) is 6.42 Å². The maximum Gasteiger partial charge on any atom is 0.150 e. The highest BCUT2D eigenvalue weighted by Crippen LogP contribution is 2.23. The van der Waals surface area contributed by atoms with Crippen LogP contribution in [0.4, 0.5) is 11.6 Å². The fourth-order valence-corrected chi connectivity index (χ4v) is 2.14. The van der Waals surface area contributed by atoms with E-state index in [1.807, 2.05) is 0 Å². The minimum absolute atomic E-state index is 0.329. The Hall–Kier alpha value is -1.03. The summed E-state index contributed by atoms with van der Waals surface area (Å²) in [5.74, 6) is 0.965. The van der Waals surface area contributed by atoms with E-state index in [2.05, 4.69) is 22.2 Å². The highest BCUT2D eigenvalue weighted by Gasteiger charge is 2.04. The molecule has 108 valence electrons. The van der Waals surface area contributed by atoms with Gasteiger partial charge in [-0.1, -0.05) is 63.5 Å². The summed E-state index contributed by atoms with van der Waals surface area (Å²) in [6.07, 6.45) is 11.9. The van der Waals surface area contributed by atoms with Gasteiger partial charge in [0.1, 0.15) is 23.0 Å². The van der Waals surface area contributed by atoms with Crippen molar-refractivity contribution in [3.63, 3.8) is 0 Å². The molecular weight excluding hydrogens is 260 g/mol. The van der Waals surface area contributed by atoms with Gasteiger partial charge in [0, 0.05) is 6.54 Å². The van der Waals surface area contributed by atoms with Crippen molar-refractivity contribution in [1.82, 2.24) is 9.97 Å². The smallest absolute Gasteiger partial charge is 0.150 e. The third-order valence-electron chi connectivity index (χ3n) is 3.14. The Morgan fingerprint density at radius 2 is 1.68 bits per heavy atom. The molecule has 0 saturated heterocycles. The normalized spacial score (nSPS) is 10.6. The highest BCUT2D eigenvalue weighted by atomic mass is 35.5. The molecule has 3 N–H and O–H groups in total. The molecule has 0 aliphatic heterocycles. The number of aromatic nitrogens is 2. The molecule has 0 aromatic carbocycles. The van der Waals surface area contributed by atoms with Crippen LogP contribution in [0.5, 0.6) is 0 Å². The van der Waals surface area contributed by atoms with Crippen LogP contribution in [0.3, 0.4) is 0 Å². The lowest BCUT2D eigenvalue weighted by Crippen LogP contribution is -2.05. The molecule has 4 nitrogen and oxygen atoms in total. The van der Waals surface area contributed by atoms with Gasteiger partial charge in [-0.2, -0.15) is 0 Å². The van der Waals surface area contributed by atoms with E-state index in [0.717, 1.165) is 13.0 Å². The largest absolute Gasteiger partial charge is 0.382 e. The maximum atomic E-state index is 5.99. The molecule has 1 aromatic rings. The highest BCUT2D eigenvalue weighted by molar-refractivity contribution is 6.35. The Morgan fingerprint density at radius 1 is 1.05 bits per heavy atom. The molecule has 0 spiro atoms. The van der Waals surface area contributed by atoms with Crippen LogP contribution < -0.4 is 11.1 Å². The van der Waals surface area contributed by atoms with E-state index in [1.54, 1.807) is 0 Å². The maximum absolute atomic E-state index is 5.99. The number of unbranched alkanes of at least 4 members (excludes halogenated alkanes) is 7. The van der Waals surface area contributed by atoms with Gasteiger partial charge in [-0.25, -0.2) is 9.97 Å². The van der Waals surface area contributed by atoms with Crippen molar-refractivity contribution in [3.05, 3.63) is 11.3 Å². The first-order valence-corrected chi connectivity index (χ1v) is 7.63. The molecule has 0 unspecified atom stereocenters. The van der Waals surface area contributed by atoms with E-state index in [4.69, 9.17) is 17.3 Å². The minimum atomic E-state index is 0.329. The predicted molar refractivity (Wildman–Crippen MR) is 82.6 cm³/mol. The molecule has 0 saturated carbocycles. The standard InChI is InChI=1S/C14H25ClN4/c1-2-3-4-5-6-7-8-9-10-17-14-12(15)13(16)18-11-19-14/h11H,2-10H2,1H3,(H3,16,17,18,19). The average molecular weight is 285 g/mol. The SMILES string of the molecule is CCCCCCCCCCNc1ncnc(N)c1Cl. The Morgan fingerprint density at radius 3 is 2.37 bits per heavy atom. The summed E-state index contributed by atoms with van der Waals surface area (Å²) in [6.45, 7) is 3.13. The van der Waals surface area contributed by atoms with E-state index in [9.17, 15) is 0 Å². The fraction of sp³-hybridized carbons (Fsp3) is 0.714. The first-order valence-electron chi connectivity index (χ1n) is 7.25. The summed E-state index contributed by atoms with van der Waals surface area (Å²) in [7, 11) is 0. The molecule has 0 amide bonds. The van der Waals surface area contributed by atoms with Crippen molar-refractivity contribution in [3.8, 4) is 0 Å². The number of rotatable bonds is 10. The molecule has 5 heteroatoms. The van der Waals surface area contributed by atoms with Crippen LogP contribution in [0.25, 0.3) is 0 Å². The number of hydrogen-bond donors (Lipinski definition) is 2. The summed E-state index contributed by atoms with van der Waals surface area (Å²) >= 11 is 5.99. The van der Waals surface area contributed by atoms with Crippen LogP contribution in [-0.4, -0.2) is 16.5 Å². The van der Waals surface area contributed by atoms with Crippen LogP contribution >= 0.6 is 11.6 Å². The number of anilines is 2. The van der Waals surface area contributed by atoms with E-state index >= 15 is 0 Å². The Balaban J connectivity index is 2.03. The Labute approximate surface area is 121 Å².